The summed E-state index contributed by atoms with van der Waals surface area (Å²) >= 11 is 6.04. The molecule has 0 aliphatic rings. The van der Waals surface area contributed by atoms with Gasteiger partial charge in [-0.25, -0.2) is 15.2 Å². The largest absolute Gasteiger partial charge is 0.478 e. The second-order valence-electron chi connectivity index (χ2n) is 7.10. The predicted octanol–water partition coefficient (Wildman–Crippen LogP) is 4.77. The molecule has 0 fully saturated rings. The quantitative estimate of drug-likeness (QED) is 0.275. The fourth-order valence-corrected chi connectivity index (χ4v) is 3.47. The van der Waals surface area contributed by atoms with E-state index in [0.717, 1.165) is 5.56 Å². The molecule has 0 spiro atoms. The molecule has 1 heterocycles. The van der Waals surface area contributed by atoms with Crippen molar-refractivity contribution in [1.29, 1.82) is 5.26 Å². The maximum atomic E-state index is 12.3. The lowest BCUT2D eigenvalue weighted by atomic mass is 9.99. The molecule has 0 atom stereocenters. The van der Waals surface area contributed by atoms with Crippen LogP contribution < -0.4 is 11.0 Å². The lowest BCUT2D eigenvalue weighted by Crippen LogP contribution is -2.16. The number of aromatic carboxylic acids is 1. The van der Waals surface area contributed by atoms with Crippen molar-refractivity contribution in [3.05, 3.63) is 105 Å². The van der Waals surface area contributed by atoms with Gasteiger partial charge in [-0.05, 0) is 34.9 Å². The Hall–Kier alpha value is -4.74. The van der Waals surface area contributed by atoms with Gasteiger partial charge in [-0.1, -0.05) is 66.2 Å². The Morgan fingerprint density at radius 3 is 2.50 bits per heavy atom. The highest BCUT2D eigenvalue weighted by atomic mass is 35.5. The number of hydrogen-bond donors (Lipinski definition) is 3. The maximum Gasteiger partial charge on any atom is 0.336 e. The normalized spacial score (nSPS) is 10.7. The third-order valence-electron chi connectivity index (χ3n) is 4.90. The zero-order chi connectivity index (χ0) is 24.1. The number of benzene rings is 3. The van der Waals surface area contributed by atoms with E-state index in [9.17, 15) is 20.0 Å². The molecule has 166 valence electrons. The molecule has 0 saturated heterocycles. The molecule has 0 bridgehead atoms. The maximum absolute atomic E-state index is 12.3. The average molecular weight is 470 g/mol. The van der Waals surface area contributed by atoms with Crippen LogP contribution in [-0.4, -0.2) is 27.3 Å². The highest BCUT2D eigenvalue weighted by Gasteiger charge is 2.13. The van der Waals surface area contributed by atoms with Gasteiger partial charge in [0.15, 0.2) is 0 Å². The number of halogens is 1. The van der Waals surface area contributed by atoms with Crippen LogP contribution in [0, 0.1) is 11.3 Å². The highest BCUT2D eigenvalue weighted by molar-refractivity contribution is 6.31. The van der Waals surface area contributed by atoms with Crippen molar-refractivity contribution in [2.75, 3.05) is 5.43 Å². The molecule has 0 aliphatic heterocycles. The molecule has 8 nitrogen and oxygen atoms in total. The molecular weight excluding hydrogens is 454 g/mol. The Labute approximate surface area is 198 Å². The number of aromatic amines is 1. The summed E-state index contributed by atoms with van der Waals surface area (Å²) in [6, 6.07) is 22.4. The van der Waals surface area contributed by atoms with Crippen LogP contribution in [0.15, 0.2) is 82.7 Å². The Kier molecular flexibility index (Phi) is 6.48. The summed E-state index contributed by atoms with van der Waals surface area (Å²) in [6.45, 7) is 0. The molecule has 0 saturated carbocycles. The molecule has 0 aliphatic carbocycles. The van der Waals surface area contributed by atoms with E-state index in [2.05, 4.69) is 20.5 Å². The number of nitriles is 1. The number of H-pyrrole nitrogens is 1. The van der Waals surface area contributed by atoms with Crippen LogP contribution in [-0.2, 0) is 0 Å². The smallest absolute Gasteiger partial charge is 0.336 e. The van der Waals surface area contributed by atoms with Gasteiger partial charge >= 0.3 is 5.97 Å². The molecule has 34 heavy (non-hydrogen) atoms. The average Bonchev–Trinajstić information content (AvgIpc) is 2.84. The molecule has 3 aromatic carbocycles. The topological polar surface area (TPSA) is 131 Å². The number of hydrazone groups is 1. The first-order valence-corrected chi connectivity index (χ1v) is 10.4. The van der Waals surface area contributed by atoms with Crippen molar-refractivity contribution in [3.63, 3.8) is 0 Å². The second kappa shape index (κ2) is 9.81. The van der Waals surface area contributed by atoms with Gasteiger partial charge in [0, 0.05) is 10.6 Å². The summed E-state index contributed by atoms with van der Waals surface area (Å²) < 4.78 is 0. The fourth-order valence-electron chi connectivity index (χ4n) is 3.29. The predicted molar refractivity (Wildman–Crippen MR) is 130 cm³/mol. The third-order valence-corrected chi connectivity index (χ3v) is 5.13. The molecule has 4 rings (SSSR count). The standard InChI is InChI=1S/C25H16ClN5O3/c26-18-10-11-19(24(33)34)20(12-18)16-8-6-15(7-9-16)14-28-31-25-29-22(17-4-2-1-3-5-17)21(13-27)23(32)30-25/h1-12,14H,(H,33,34)(H2,29,30,31,32). The Bertz CT molecular complexity index is 1490. The summed E-state index contributed by atoms with van der Waals surface area (Å²) in [4.78, 5) is 30.6. The Morgan fingerprint density at radius 1 is 1.09 bits per heavy atom. The van der Waals surface area contributed by atoms with E-state index in [4.69, 9.17) is 11.6 Å². The Balaban J connectivity index is 1.56. The van der Waals surface area contributed by atoms with Crippen LogP contribution in [0.2, 0.25) is 5.02 Å². The molecule has 0 unspecified atom stereocenters. The van der Waals surface area contributed by atoms with Crippen molar-refractivity contribution >= 4 is 29.7 Å². The lowest BCUT2D eigenvalue weighted by molar-refractivity contribution is 0.0697. The minimum absolute atomic E-state index is 0.0840. The van der Waals surface area contributed by atoms with Gasteiger partial charge in [-0.3, -0.25) is 9.78 Å². The number of carboxylic acids is 1. The van der Waals surface area contributed by atoms with E-state index in [0.29, 0.717) is 21.7 Å². The molecule has 0 radical (unpaired) electrons. The van der Waals surface area contributed by atoms with Gasteiger partial charge in [0.2, 0.25) is 5.95 Å². The summed E-state index contributed by atoms with van der Waals surface area (Å²) in [5.41, 5.74) is 4.97. The zero-order valence-corrected chi connectivity index (χ0v) is 18.2. The van der Waals surface area contributed by atoms with Crippen LogP contribution in [0.4, 0.5) is 5.95 Å². The van der Waals surface area contributed by atoms with Crippen LogP contribution in [0.1, 0.15) is 21.5 Å². The van der Waals surface area contributed by atoms with E-state index >= 15 is 0 Å². The summed E-state index contributed by atoms with van der Waals surface area (Å²) in [7, 11) is 0. The molecular formula is C25H16ClN5O3. The molecule has 4 aromatic rings. The zero-order valence-electron chi connectivity index (χ0n) is 17.5. The number of hydrogen-bond acceptors (Lipinski definition) is 6. The number of nitrogens with one attached hydrogen (secondary N) is 2. The van der Waals surface area contributed by atoms with E-state index in [-0.39, 0.29) is 22.8 Å². The SMILES string of the molecule is N#Cc1c(-c2ccccc2)nc(NN=Cc2ccc(-c3cc(Cl)ccc3C(=O)O)cc2)[nH]c1=O. The molecule has 1 aromatic heterocycles. The van der Waals surface area contributed by atoms with Crippen molar-refractivity contribution in [2.45, 2.75) is 0 Å². The van der Waals surface area contributed by atoms with E-state index in [1.165, 1.54) is 18.3 Å². The molecule has 0 amide bonds. The fraction of sp³-hybridized carbons (Fsp3) is 0. The third kappa shape index (κ3) is 4.85. The van der Waals surface area contributed by atoms with E-state index in [1.54, 1.807) is 54.6 Å². The highest BCUT2D eigenvalue weighted by Crippen LogP contribution is 2.27. The van der Waals surface area contributed by atoms with Gasteiger partial charge in [0.25, 0.3) is 5.56 Å². The molecule has 9 heteroatoms. The minimum Gasteiger partial charge on any atom is -0.478 e. The lowest BCUT2D eigenvalue weighted by Gasteiger charge is -2.07. The van der Waals surface area contributed by atoms with Crippen molar-refractivity contribution in [1.82, 2.24) is 9.97 Å². The monoisotopic (exact) mass is 469 g/mol. The van der Waals surface area contributed by atoms with Crippen LogP contribution in [0.5, 0.6) is 0 Å². The van der Waals surface area contributed by atoms with Crippen molar-refractivity contribution in [2.24, 2.45) is 5.10 Å². The van der Waals surface area contributed by atoms with Crippen LogP contribution >= 0.6 is 11.6 Å². The van der Waals surface area contributed by atoms with Crippen LogP contribution in [0.3, 0.4) is 0 Å². The second-order valence-corrected chi connectivity index (χ2v) is 7.54. The van der Waals surface area contributed by atoms with Gasteiger partial charge in [-0.15, -0.1) is 0 Å². The number of carboxylic acid groups (broad SMARTS) is 1. The summed E-state index contributed by atoms with van der Waals surface area (Å²) in [5, 5.41) is 23.3. The minimum atomic E-state index is -1.04. The van der Waals surface area contributed by atoms with Gasteiger partial charge < -0.3 is 5.11 Å². The van der Waals surface area contributed by atoms with Gasteiger partial charge in [0.05, 0.1) is 17.5 Å². The first-order chi connectivity index (χ1) is 16.5. The number of rotatable bonds is 6. The first kappa shape index (κ1) is 22.5. The number of aromatic nitrogens is 2. The van der Waals surface area contributed by atoms with Crippen molar-refractivity contribution in [3.8, 4) is 28.5 Å². The van der Waals surface area contributed by atoms with Crippen LogP contribution in [0.25, 0.3) is 22.4 Å². The summed E-state index contributed by atoms with van der Waals surface area (Å²) in [6.07, 6.45) is 1.51. The van der Waals surface area contributed by atoms with E-state index < -0.39 is 11.5 Å². The van der Waals surface area contributed by atoms with E-state index in [1.807, 2.05) is 12.1 Å². The van der Waals surface area contributed by atoms with Gasteiger partial charge in [-0.2, -0.15) is 10.4 Å². The Morgan fingerprint density at radius 2 is 1.82 bits per heavy atom. The number of carbonyl (C=O) groups is 1. The van der Waals surface area contributed by atoms with Gasteiger partial charge in [0.1, 0.15) is 11.6 Å². The summed E-state index contributed by atoms with van der Waals surface area (Å²) in [5.74, 6) is -0.957. The first-order valence-electron chi connectivity index (χ1n) is 9.98. The number of anilines is 1. The van der Waals surface area contributed by atoms with Crippen molar-refractivity contribution < 1.29 is 9.90 Å². The molecule has 3 N–H and O–H groups in total. The number of nitrogens with zero attached hydrogens (tertiary/aromatic N) is 3.